The largest absolute Gasteiger partial charge is 0.497 e. The monoisotopic (exact) mass is 533 g/mol. The van der Waals surface area contributed by atoms with Gasteiger partial charge in [-0.2, -0.15) is 0 Å². The molecule has 0 aromatic heterocycles. The van der Waals surface area contributed by atoms with Crippen molar-refractivity contribution >= 4 is 39.1 Å². The van der Waals surface area contributed by atoms with Crippen molar-refractivity contribution in [3.05, 3.63) is 76.3 Å². The maximum atomic E-state index is 13.2. The molecule has 1 N–H and O–H groups in total. The summed E-state index contributed by atoms with van der Waals surface area (Å²) in [6.45, 7) is 1.07. The second kappa shape index (κ2) is 11.3. The predicted octanol–water partition coefficient (Wildman–Crippen LogP) is 4.51. The number of ketones is 1. The van der Waals surface area contributed by atoms with E-state index in [1.165, 1.54) is 51.7 Å². The predicted molar refractivity (Wildman–Crippen MR) is 134 cm³/mol. The number of esters is 1. The van der Waals surface area contributed by atoms with Crippen molar-refractivity contribution < 1.29 is 37.0 Å². The minimum atomic E-state index is -4.17. The van der Waals surface area contributed by atoms with E-state index in [0.717, 1.165) is 0 Å². The molecule has 3 rings (SSSR count). The van der Waals surface area contributed by atoms with Crippen molar-refractivity contribution in [2.24, 2.45) is 0 Å². The number of methoxy groups -OCH3 is 3. The van der Waals surface area contributed by atoms with E-state index in [-0.39, 0.29) is 26.9 Å². The zero-order chi connectivity index (χ0) is 26.5. The van der Waals surface area contributed by atoms with Gasteiger partial charge in [0.15, 0.2) is 12.4 Å². The van der Waals surface area contributed by atoms with Gasteiger partial charge in [0.2, 0.25) is 0 Å². The molecule has 3 aromatic rings. The molecule has 0 heterocycles. The highest BCUT2D eigenvalue weighted by molar-refractivity contribution is 7.92. The maximum Gasteiger partial charge on any atom is 0.338 e. The third-order valence-electron chi connectivity index (χ3n) is 5.18. The molecule has 11 heteroatoms. The second-order valence-corrected chi connectivity index (χ2v) is 9.56. The summed E-state index contributed by atoms with van der Waals surface area (Å²) in [5, 5.41) is 0.173. The number of nitrogens with one attached hydrogen (secondary N) is 1. The van der Waals surface area contributed by atoms with Crippen LogP contribution in [0.4, 0.5) is 5.69 Å². The van der Waals surface area contributed by atoms with E-state index in [9.17, 15) is 18.0 Å². The summed E-state index contributed by atoms with van der Waals surface area (Å²) in [7, 11) is 0.131. The number of hydrogen-bond donors (Lipinski definition) is 1. The Balaban J connectivity index is 1.79. The first kappa shape index (κ1) is 26.8. The lowest BCUT2D eigenvalue weighted by atomic mass is 10.1. The molecule has 0 atom stereocenters. The highest BCUT2D eigenvalue weighted by Gasteiger charge is 2.23. The van der Waals surface area contributed by atoms with E-state index >= 15 is 0 Å². The van der Waals surface area contributed by atoms with E-state index < -0.39 is 28.4 Å². The molecule has 0 amide bonds. The molecule has 0 saturated heterocycles. The van der Waals surface area contributed by atoms with Gasteiger partial charge in [-0.25, -0.2) is 13.2 Å². The fraction of sp³-hybridized carbons (Fsp3) is 0.200. The standard InChI is InChI=1S/C25H24ClNO8S/c1-15-5-6-17(25(29)35-14-21(28)16-7-9-18(32-2)10-8-16)11-24(15)36(30,31)27-20-12-19(26)22(33-3)13-23(20)34-4/h5-13,27H,14H2,1-4H3. The van der Waals surface area contributed by atoms with Crippen LogP contribution in [-0.2, 0) is 14.8 Å². The van der Waals surface area contributed by atoms with Crippen LogP contribution in [0.15, 0.2) is 59.5 Å². The molecule has 0 unspecified atom stereocenters. The van der Waals surface area contributed by atoms with Crippen molar-refractivity contribution in [1.82, 2.24) is 0 Å². The van der Waals surface area contributed by atoms with E-state index in [4.69, 9.17) is 30.5 Å². The summed E-state index contributed by atoms with van der Waals surface area (Å²) in [5.74, 6) is -0.193. The first-order chi connectivity index (χ1) is 17.1. The maximum absolute atomic E-state index is 13.2. The van der Waals surface area contributed by atoms with Crippen molar-refractivity contribution in [3.63, 3.8) is 0 Å². The van der Waals surface area contributed by atoms with Crippen molar-refractivity contribution in [2.45, 2.75) is 11.8 Å². The lowest BCUT2D eigenvalue weighted by Gasteiger charge is -2.15. The van der Waals surface area contributed by atoms with Gasteiger partial charge in [0, 0.05) is 11.6 Å². The molecule has 36 heavy (non-hydrogen) atoms. The number of rotatable bonds is 10. The molecule has 0 fully saturated rings. The van der Waals surface area contributed by atoms with Crippen LogP contribution in [0.3, 0.4) is 0 Å². The Kier molecular flexibility index (Phi) is 8.44. The molecule has 190 valence electrons. The topological polar surface area (TPSA) is 117 Å². The number of sulfonamides is 1. The van der Waals surface area contributed by atoms with Crippen LogP contribution in [0.2, 0.25) is 5.02 Å². The summed E-state index contributed by atoms with van der Waals surface area (Å²) < 4.78 is 49.3. The van der Waals surface area contributed by atoms with Gasteiger partial charge in [-0.15, -0.1) is 0 Å². The fourth-order valence-electron chi connectivity index (χ4n) is 3.23. The number of ether oxygens (including phenoxy) is 4. The zero-order valence-electron chi connectivity index (χ0n) is 20.0. The van der Waals surface area contributed by atoms with E-state index in [0.29, 0.717) is 22.6 Å². The number of aryl methyl sites for hydroxylation is 1. The zero-order valence-corrected chi connectivity index (χ0v) is 21.5. The molecule has 3 aromatic carbocycles. The van der Waals surface area contributed by atoms with Gasteiger partial charge in [0.25, 0.3) is 10.0 Å². The minimum absolute atomic E-state index is 0.0387. The van der Waals surface area contributed by atoms with Gasteiger partial charge in [-0.3, -0.25) is 9.52 Å². The number of benzene rings is 3. The molecule has 0 radical (unpaired) electrons. The first-order valence-corrected chi connectivity index (χ1v) is 12.3. The van der Waals surface area contributed by atoms with E-state index in [2.05, 4.69) is 4.72 Å². The average molecular weight is 534 g/mol. The van der Waals surface area contributed by atoms with Gasteiger partial charge in [-0.05, 0) is 55.0 Å². The number of Topliss-reactive ketones (excluding diaryl/α,β-unsaturated/α-hetero) is 1. The van der Waals surface area contributed by atoms with Gasteiger partial charge < -0.3 is 18.9 Å². The Hall–Kier alpha value is -3.76. The number of carbonyl (C=O) groups is 2. The summed E-state index contributed by atoms with van der Waals surface area (Å²) in [6.07, 6.45) is 0. The Bertz CT molecular complexity index is 1390. The van der Waals surface area contributed by atoms with Gasteiger partial charge in [-0.1, -0.05) is 17.7 Å². The molecule has 0 aliphatic heterocycles. The van der Waals surface area contributed by atoms with Crippen molar-refractivity contribution in [1.29, 1.82) is 0 Å². The number of anilines is 1. The highest BCUT2D eigenvalue weighted by Crippen LogP contribution is 2.37. The molecular formula is C25H24ClNO8S. The van der Waals surface area contributed by atoms with Crippen molar-refractivity contribution in [3.8, 4) is 17.2 Å². The Morgan fingerprint density at radius 1 is 0.861 bits per heavy atom. The summed E-state index contributed by atoms with van der Waals surface area (Å²) in [6, 6.07) is 13.2. The van der Waals surface area contributed by atoms with Crippen LogP contribution in [-0.4, -0.2) is 48.1 Å². The second-order valence-electron chi connectivity index (χ2n) is 7.50. The van der Waals surface area contributed by atoms with Gasteiger partial charge in [0.1, 0.15) is 17.2 Å². The lowest BCUT2D eigenvalue weighted by Crippen LogP contribution is -2.17. The number of carbonyl (C=O) groups excluding carboxylic acids is 2. The molecule has 0 aliphatic carbocycles. The van der Waals surface area contributed by atoms with Crippen LogP contribution in [0, 0.1) is 6.92 Å². The summed E-state index contributed by atoms with van der Waals surface area (Å²) in [4.78, 5) is 24.8. The molecule has 0 spiro atoms. The normalized spacial score (nSPS) is 10.9. The Morgan fingerprint density at radius 3 is 2.11 bits per heavy atom. The molecule has 0 aliphatic rings. The van der Waals surface area contributed by atoms with Gasteiger partial charge in [0.05, 0.1) is 42.5 Å². The smallest absolute Gasteiger partial charge is 0.338 e. The fourth-order valence-corrected chi connectivity index (χ4v) is 4.80. The van der Waals surface area contributed by atoms with Gasteiger partial charge >= 0.3 is 5.97 Å². The molecule has 0 bridgehead atoms. The molecule has 9 nitrogen and oxygen atoms in total. The van der Waals surface area contributed by atoms with Crippen LogP contribution in [0.25, 0.3) is 0 Å². The Labute approximate surface area is 213 Å². The lowest BCUT2D eigenvalue weighted by molar-refractivity contribution is 0.0474. The number of hydrogen-bond acceptors (Lipinski definition) is 8. The van der Waals surface area contributed by atoms with Crippen LogP contribution < -0.4 is 18.9 Å². The van der Waals surface area contributed by atoms with E-state index in [1.54, 1.807) is 31.2 Å². The molecule has 0 saturated carbocycles. The number of halogens is 1. The third kappa shape index (κ3) is 6.07. The first-order valence-electron chi connectivity index (χ1n) is 10.5. The third-order valence-corrected chi connectivity index (χ3v) is 6.98. The molecular weight excluding hydrogens is 510 g/mol. The van der Waals surface area contributed by atoms with Crippen LogP contribution >= 0.6 is 11.6 Å². The minimum Gasteiger partial charge on any atom is -0.497 e. The summed E-state index contributed by atoms with van der Waals surface area (Å²) >= 11 is 6.14. The highest BCUT2D eigenvalue weighted by atomic mass is 35.5. The Morgan fingerprint density at radius 2 is 1.50 bits per heavy atom. The quantitative estimate of drug-likeness (QED) is 0.299. The van der Waals surface area contributed by atoms with Crippen molar-refractivity contribution in [2.75, 3.05) is 32.7 Å². The average Bonchev–Trinajstić information content (AvgIpc) is 2.87. The van der Waals surface area contributed by atoms with Crippen LogP contribution in [0.1, 0.15) is 26.3 Å². The van der Waals surface area contributed by atoms with E-state index in [1.807, 2.05) is 0 Å². The SMILES string of the molecule is COc1ccc(C(=O)COC(=O)c2ccc(C)c(S(=O)(=O)Nc3cc(Cl)c(OC)cc3OC)c2)cc1. The van der Waals surface area contributed by atoms with Crippen LogP contribution in [0.5, 0.6) is 17.2 Å². The summed E-state index contributed by atoms with van der Waals surface area (Å²) in [5.41, 5.74) is 0.767.